The third-order valence-corrected chi connectivity index (χ3v) is 4.89. The zero-order valence-corrected chi connectivity index (χ0v) is 15.3. The van der Waals surface area contributed by atoms with Crippen LogP contribution in [0.2, 0.25) is 0 Å². The van der Waals surface area contributed by atoms with Crippen LogP contribution in [0.3, 0.4) is 0 Å². The zero-order valence-electron chi connectivity index (χ0n) is 15.3. The van der Waals surface area contributed by atoms with E-state index in [1.54, 1.807) is 0 Å². The second-order valence-corrected chi connectivity index (χ2v) is 6.98. The number of carbonyl (C=O) groups excluding carboxylic acids is 2. The van der Waals surface area contributed by atoms with Crippen molar-refractivity contribution in [3.8, 4) is 0 Å². The SMILES string of the molecule is C=C(/C=C\CCCCCCCCOC(C)=O)C1CCC(C=O)CC1. The van der Waals surface area contributed by atoms with Gasteiger partial charge in [0.1, 0.15) is 6.29 Å². The molecule has 0 unspecified atom stereocenters. The third-order valence-electron chi connectivity index (χ3n) is 4.89. The van der Waals surface area contributed by atoms with Gasteiger partial charge in [0.2, 0.25) is 0 Å². The van der Waals surface area contributed by atoms with Crippen molar-refractivity contribution in [1.82, 2.24) is 0 Å². The molecule has 0 amide bonds. The molecule has 0 atom stereocenters. The van der Waals surface area contributed by atoms with Crippen LogP contribution in [0.1, 0.15) is 77.6 Å². The second kappa shape index (κ2) is 13.0. The summed E-state index contributed by atoms with van der Waals surface area (Å²) in [6.07, 6.45) is 18.1. The summed E-state index contributed by atoms with van der Waals surface area (Å²) in [5, 5.41) is 0. The van der Waals surface area contributed by atoms with Gasteiger partial charge < -0.3 is 9.53 Å². The summed E-state index contributed by atoms with van der Waals surface area (Å²) in [7, 11) is 0. The third kappa shape index (κ3) is 9.69. The molecule has 3 heteroatoms. The maximum Gasteiger partial charge on any atom is 0.302 e. The van der Waals surface area contributed by atoms with Gasteiger partial charge in [-0.2, -0.15) is 0 Å². The zero-order chi connectivity index (χ0) is 17.6. The standard InChI is InChI=1S/C21H34O3/c1-18(21-14-12-20(17-22)13-15-21)11-9-7-5-3-4-6-8-10-16-24-19(2)23/h9,11,17,20-21H,1,3-8,10,12-16H2,2H3/b11-9-. The summed E-state index contributed by atoms with van der Waals surface area (Å²) in [5.41, 5.74) is 1.24. The minimum absolute atomic E-state index is 0.180. The molecule has 136 valence electrons. The van der Waals surface area contributed by atoms with Crippen molar-refractivity contribution in [3.63, 3.8) is 0 Å². The quantitative estimate of drug-likeness (QED) is 0.208. The molecule has 0 radical (unpaired) electrons. The summed E-state index contributed by atoms with van der Waals surface area (Å²) < 4.78 is 4.91. The molecule has 24 heavy (non-hydrogen) atoms. The lowest BCUT2D eigenvalue weighted by atomic mass is 9.79. The van der Waals surface area contributed by atoms with Crippen molar-refractivity contribution in [1.29, 1.82) is 0 Å². The Balaban J connectivity index is 1.95. The largest absolute Gasteiger partial charge is 0.466 e. The van der Waals surface area contributed by atoms with Gasteiger partial charge in [-0.15, -0.1) is 0 Å². The van der Waals surface area contributed by atoms with E-state index in [0.29, 0.717) is 12.5 Å². The van der Waals surface area contributed by atoms with Crippen molar-refractivity contribution in [2.45, 2.75) is 77.6 Å². The van der Waals surface area contributed by atoms with E-state index in [1.165, 1.54) is 38.2 Å². The molecule has 1 fully saturated rings. The minimum atomic E-state index is -0.180. The maximum absolute atomic E-state index is 10.8. The smallest absolute Gasteiger partial charge is 0.302 e. The van der Waals surface area contributed by atoms with Crippen LogP contribution in [0, 0.1) is 11.8 Å². The van der Waals surface area contributed by atoms with E-state index < -0.39 is 0 Å². The number of aldehydes is 1. The highest BCUT2D eigenvalue weighted by Crippen LogP contribution is 2.32. The van der Waals surface area contributed by atoms with E-state index in [1.807, 2.05) is 0 Å². The molecule has 1 aliphatic rings. The number of rotatable bonds is 12. The lowest BCUT2D eigenvalue weighted by Gasteiger charge is -2.25. The van der Waals surface area contributed by atoms with Crippen molar-refractivity contribution >= 4 is 12.3 Å². The molecule has 0 bridgehead atoms. The average Bonchev–Trinajstić information content (AvgIpc) is 2.59. The van der Waals surface area contributed by atoms with Gasteiger partial charge in [-0.1, -0.05) is 50.0 Å². The number of ether oxygens (including phenoxy) is 1. The molecule has 0 aliphatic heterocycles. The molecule has 0 aromatic carbocycles. The van der Waals surface area contributed by atoms with Crippen LogP contribution in [-0.4, -0.2) is 18.9 Å². The molecule has 1 saturated carbocycles. The molecule has 0 saturated heterocycles. The Bertz CT molecular complexity index is 403. The van der Waals surface area contributed by atoms with Crippen LogP contribution in [-0.2, 0) is 14.3 Å². The fourth-order valence-electron chi connectivity index (χ4n) is 3.28. The first-order chi connectivity index (χ1) is 11.6. The van der Waals surface area contributed by atoms with Crippen LogP contribution in [0.4, 0.5) is 0 Å². The highest BCUT2D eigenvalue weighted by Gasteiger charge is 2.21. The fourth-order valence-corrected chi connectivity index (χ4v) is 3.28. The Morgan fingerprint density at radius 2 is 1.67 bits per heavy atom. The molecule has 0 N–H and O–H groups in total. The van der Waals surface area contributed by atoms with Gasteiger partial charge in [-0.25, -0.2) is 0 Å². The summed E-state index contributed by atoms with van der Waals surface area (Å²) >= 11 is 0. The van der Waals surface area contributed by atoms with E-state index >= 15 is 0 Å². The van der Waals surface area contributed by atoms with E-state index in [0.717, 1.165) is 51.2 Å². The molecular weight excluding hydrogens is 300 g/mol. The number of allylic oxidation sites excluding steroid dienone is 3. The molecule has 0 heterocycles. The Morgan fingerprint density at radius 1 is 1.04 bits per heavy atom. The number of unbranched alkanes of at least 4 members (excludes halogenated alkanes) is 6. The Kier molecular flexibility index (Phi) is 11.2. The van der Waals surface area contributed by atoms with Crippen LogP contribution in [0.15, 0.2) is 24.3 Å². The molecule has 0 aromatic heterocycles. The van der Waals surface area contributed by atoms with E-state index in [4.69, 9.17) is 4.74 Å². The van der Waals surface area contributed by atoms with Crippen molar-refractivity contribution in [3.05, 3.63) is 24.3 Å². The lowest BCUT2D eigenvalue weighted by Crippen LogP contribution is -2.16. The molecular formula is C21H34O3. The van der Waals surface area contributed by atoms with Gasteiger partial charge in [-0.3, -0.25) is 4.79 Å². The summed E-state index contributed by atoms with van der Waals surface area (Å²) in [4.78, 5) is 21.4. The van der Waals surface area contributed by atoms with Crippen molar-refractivity contribution < 1.29 is 14.3 Å². The second-order valence-electron chi connectivity index (χ2n) is 6.98. The van der Waals surface area contributed by atoms with Gasteiger partial charge in [0.15, 0.2) is 0 Å². The average molecular weight is 335 g/mol. The number of hydrogen-bond acceptors (Lipinski definition) is 3. The van der Waals surface area contributed by atoms with Crippen molar-refractivity contribution in [2.75, 3.05) is 6.61 Å². The summed E-state index contributed by atoms with van der Waals surface area (Å²) in [5.74, 6) is 0.682. The first-order valence-corrected chi connectivity index (χ1v) is 9.57. The highest BCUT2D eigenvalue weighted by atomic mass is 16.5. The lowest BCUT2D eigenvalue weighted by molar-refractivity contribution is -0.141. The Morgan fingerprint density at radius 3 is 2.29 bits per heavy atom. The number of esters is 1. The molecule has 1 aliphatic carbocycles. The van der Waals surface area contributed by atoms with E-state index in [9.17, 15) is 9.59 Å². The topological polar surface area (TPSA) is 43.4 Å². The normalized spacial score (nSPS) is 20.9. The van der Waals surface area contributed by atoms with Gasteiger partial charge in [0.05, 0.1) is 6.61 Å². The van der Waals surface area contributed by atoms with Gasteiger partial charge >= 0.3 is 5.97 Å². The molecule has 0 aromatic rings. The number of hydrogen-bond donors (Lipinski definition) is 0. The predicted octanol–water partition coefficient (Wildman–Crippen LogP) is 5.40. The van der Waals surface area contributed by atoms with Gasteiger partial charge in [-0.05, 0) is 50.9 Å². The monoisotopic (exact) mass is 334 g/mol. The summed E-state index contributed by atoms with van der Waals surface area (Å²) in [6.45, 7) is 6.23. The Hall–Kier alpha value is -1.38. The van der Waals surface area contributed by atoms with Crippen molar-refractivity contribution in [2.24, 2.45) is 11.8 Å². The first kappa shape index (κ1) is 20.7. The van der Waals surface area contributed by atoms with Gasteiger partial charge in [0.25, 0.3) is 0 Å². The van der Waals surface area contributed by atoms with Crippen LogP contribution >= 0.6 is 0 Å². The first-order valence-electron chi connectivity index (χ1n) is 9.57. The van der Waals surface area contributed by atoms with Gasteiger partial charge in [0, 0.05) is 12.8 Å². The Labute approximate surface area is 147 Å². The summed E-state index contributed by atoms with van der Waals surface area (Å²) in [6, 6.07) is 0. The predicted molar refractivity (Wildman–Crippen MR) is 98.7 cm³/mol. The molecule has 3 nitrogen and oxygen atoms in total. The van der Waals surface area contributed by atoms with Crippen LogP contribution in [0.5, 0.6) is 0 Å². The maximum atomic E-state index is 10.8. The fraction of sp³-hybridized carbons (Fsp3) is 0.714. The highest BCUT2D eigenvalue weighted by molar-refractivity contribution is 5.65. The van der Waals surface area contributed by atoms with Crippen LogP contribution in [0.25, 0.3) is 0 Å². The van der Waals surface area contributed by atoms with Crippen LogP contribution < -0.4 is 0 Å². The molecule has 0 spiro atoms. The minimum Gasteiger partial charge on any atom is -0.466 e. The number of carbonyl (C=O) groups is 2. The molecule has 1 rings (SSSR count). The van der Waals surface area contributed by atoms with E-state index in [-0.39, 0.29) is 11.9 Å². The van der Waals surface area contributed by atoms with E-state index in [2.05, 4.69) is 18.7 Å².